The van der Waals surface area contributed by atoms with Crippen LogP contribution in [0.5, 0.6) is 0 Å². The Balaban J connectivity index is 2.10. The van der Waals surface area contributed by atoms with Crippen LogP contribution in [0.3, 0.4) is 0 Å². The van der Waals surface area contributed by atoms with E-state index in [2.05, 4.69) is 15.0 Å². The summed E-state index contributed by atoms with van der Waals surface area (Å²) in [6, 6.07) is -0.795. The quantitative estimate of drug-likeness (QED) is 0.712. The Morgan fingerprint density at radius 1 is 1.31 bits per heavy atom. The number of nitrogens with zero attached hydrogens (tertiary/aromatic N) is 5. The number of rotatable bonds is 5. The second-order valence-electron chi connectivity index (χ2n) is 5.66. The first-order chi connectivity index (χ1) is 12.4. The fraction of sp³-hybridized carbons (Fsp3) is 0.533. The Kier molecular flexibility index (Phi) is 4.74. The molecule has 0 spiro atoms. The lowest BCUT2D eigenvalue weighted by atomic mass is 10.0. The van der Waals surface area contributed by atoms with Crippen molar-refractivity contribution in [3.63, 3.8) is 0 Å². The maximum Gasteiger partial charge on any atom is 0.362 e. The van der Waals surface area contributed by atoms with Crippen LogP contribution in [-0.4, -0.2) is 62.8 Å². The average molecular weight is 364 g/mol. The van der Waals surface area contributed by atoms with Crippen LogP contribution in [0.15, 0.2) is 12.7 Å². The highest BCUT2D eigenvalue weighted by Crippen LogP contribution is 2.38. The third kappa shape index (κ3) is 2.74. The van der Waals surface area contributed by atoms with Crippen LogP contribution in [-0.2, 0) is 29.6 Å². The lowest BCUT2D eigenvalue weighted by Crippen LogP contribution is -2.43. The maximum atomic E-state index is 12.8. The second kappa shape index (κ2) is 6.84. The molecule has 2 aromatic heterocycles. The molecule has 26 heavy (non-hydrogen) atoms. The summed E-state index contributed by atoms with van der Waals surface area (Å²) in [5.41, 5.74) is 4.78. The van der Waals surface area contributed by atoms with E-state index >= 15 is 0 Å². The molecule has 2 atom stereocenters. The number of carbonyl (C=O) groups excluding carboxylic acids is 2. The average Bonchev–Trinajstić information content (AvgIpc) is 3.18. The molecule has 140 valence electrons. The topological polar surface area (TPSA) is 135 Å². The number of likely N-dealkylation sites (N-methyl/N-ethyl adjacent to an activating group) is 1. The van der Waals surface area contributed by atoms with Crippen LogP contribution >= 0.6 is 0 Å². The highest BCUT2D eigenvalue weighted by atomic mass is 16.7. The van der Waals surface area contributed by atoms with Crippen molar-refractivity contribution in [2.75, 3.05) is 26.0 Å². The molecule has 2 N–H and O–H groups in total. The third-order valence-electron chi connectivity index (χ3n) is 4.11. The number of carbonyl (C=O) groups is 2. The molecule has 11 nitrogen and oxygen atoms in total. The van der Waals surface area contributed by atoms with Gasteiger partial charge in [-0.15, -0.1) is 0 Å². The number of hydroxylamine groups is 2. The summed E-state index contributed by atoms with van der Waals surface area (Å²) in [6.07, 6.45) is 2.60. The van der Waals surface area contributed by atoms with Crippen molar-refractivity contribution in [1.29, 1.82) is 0 Å². The molecule has 1 fully saturated rings. The van der Waals surface area contributed by atoms with Gasteiger partial charge in [-0.25, -0.2) is 19.7 Å². The van der Waals surface area contributed by atoms with Gasteiger partial charge in [0.25, 0.3) is 5.72 Å². The molecule has 11 heteroatoms. The van der Waals surface area contributed by atoms with Gasteiger partial charge in [-0.05, 0) is 13.8 Å². The van der Waals surface area contributed by atoms with E-state index in [1.165, 1.54) is 22.3 Å². The van der Waals surface area contributed by atoms with Crippen LogP contribution in [0.4, 0.5) is 5.82 Å². The predicted octanol–water partition coefficient (Wildman–Crippen LogP) is -0.177. The summed E-state index contributed by atoms with van der Waals surface area (Å²) in [5.74, 6) is -1.00. The SMILES string of the molecule is CCOC(=O)[C@H]1C[C@@](C(=O)OCC)(n2cnc3c(N)ncnc32)ON1C. The molecular formula is C15H20N6O5. The van der Waals surface area contributed by atoms with Gasteiger partial charge in [-0.2, -0.15) is 5.06 Å². The molecule has 0 radical (unpaired) electrons. The summed E-state index contributed by atoms with van der Waals surface area (Å²) in [6.45, 7) is 3.74. The van der Waals surface area contributed by atoms with Crippen LogP contribution in [0.2, 0.25) is 0 Å². The van der Waals surface area contributed by atoms with Crippen molar-refractivity contribution in [1.82, 2.24) is 24.6 Å². The Morgan fingerprint density at radius 2 is 2.04 bits per heavy atom. The van der Waals surface area contributed by atoms with Gasteiger partial charge in [0.2, 0.25) is 0 Å². The molecule has 0 unspecified atom stereocenters. The van der Waals surface area contributed by atoms with E-state index in [4.69, 9.17) is 20.0 Å². The normalized spacial score (nSPS) is 23.3. The van der Waals surface area contributed by atoms with E-state index in [1.807, 2.05) is 0 Å². The molecule has 0 amide bonds. The summed E-state index contributed by atoms with van der Waals surface area (Å²) >= 11 is 0. The summed E-state index contributed by atoms with van der Waals surface area (Å²) in [7, 11) is 1.55. The van der Waals surface area contributed by atoms with Gasteiger partial charge in [0.1, 0.15) is 24.2 Å². The first-order valence-electron chi connectivity index (χ1n) is 8.14. The zero-order valence-electron chi connectivity index (χ0n) is 14.7. The molecule has 0 bridgehead atoms. The van der Waals surface area contributed by atoms with Crippen molar-refractivity contribution in [3.05, 3.63) is 12.7 Å². The maximum absolute atomic E-state index is 12.8. The summed E-state index contributed by atoms with van der Waals surface area (Å²) in [5, 5.41) is 1.28. The zero-order valence-corrected chi connectivity index (χ0v) is 14.7. The molecule has 1 saturated heterocycles. The number of imidazole rings is 1. The number of nitrogen functional groups attached to an aromatic ring is 1. The summed E-state index contributed by atoms with van der Waals surface area (Å²) in [4.78, 5) is 43.1. The van der Waals surface area contributed by atoms with Gasteiger partial charge >= 0.3 is 11.9 Å². The van der Waals surface area contributed by atoms with Crippen LogP contribution < -0.4 is 5.73 Å². The minimum absolute atomic E-state index is 0.0312. The van der Waals surface area contributed by atoms with Gasteiger partial charge in [0.15, 0.2) is 11.5 Å². The predicted molar refractivity (Wildman–Crippen MR) is 88.2 cm³/mol. The fourth-order valence-electron chi connectivity index (χ4n) is 2.92. The first-order valence-corrected chi connectivity index (χ1v) is 8.14. The lowest BCUT2D eigenvalue weighted by molar-refractivity contribution is -0.236. The highest BCUT2D eigenvalue weighted by Gasteiger charge is 2.56. The van der Waals surface area contributed by atoms with Gasteiger partial charge in [-0.3, -0.25) is 14.2 Å². The number of hydrogen-bond acceptors (Lipinski definition) is 10. The molecular weight excluding hydrogens is 344 g/mol. The molecule has 1 aliphatic rings. The van der Waals surface area contributed by atoms with Gasteiger partial charge in [0.05, 0.1) is 13.2 Å². The van der Waals surface area contributed by atoms with E-state index in [0.717, 1.165) is 0 Å². The Morgan fingerprint density at radius 3 is 2.73 bits per heavy atom. The van der Waals surface area contributed by atoms with Crippen LogP contribution in [0.1, 0.15) is 20.3 Å². The van der Waals surface area contributed by atoms with E-state index in [9.17, 15) is 9.59 Å². The minimum Gasteiger partial charge on any atom is -0.465 e. The highest BCUT2D eigenvalue weighted by molar-refractivity contribution is 5.86. The Bertz CT molecular complexity index is 839. The van der Waals surface area contributed by atoms with E-state index < -0.39 is 23.7 Å². The molecule has 2 aromatic rings. The minimum atomic E-state index is -1.66. The number of ether oxygens (including phenoxy) is 2. The molecule has 1 aliphatic heterocycles. The van der Waals surface area contributed by atoms with Crippen LogP contribution in [0.25, 0.3) is 11.2 Å². The van der Waals surface area contributed by atoms with Gasteiger partial charge in [-0.1, -0.05) is 0 Å². The van der Waals surface area contributed by atoms with E-state index in [1.54, 1.807) is 20.9 Å². The first kappa shape index (κ1) is 18.0. The number of hydrogen-bond donors (Lipinski definition) is 1. The molecule has 3 heterocycles. The standard InChI is InChI=1S/C15H20N6O5/c1-4-24-13(22)9-6-15(26-20(9)3,14(23)25-5-2)21-8-19-10-11(16)17-7-18-12(10)21/h7-9H,4-6H2,1-3H3,(H2,16,17,18)/t9-,15-/m1/s1. The smallest absolute Gasteiger partial charge is 0.362 e. The number of fused-ring (bicyclic) bond motifs is 1. The number of aromatic nitrogens is 4. The number of nitrogens with two attached hydrogens (primary N) is 1. The third-order valence-corrected chi connectivity index (χ3v) is 4.11. The lowest BCUT2D eigenvalue weighted by Gasteiger charge is -2.27. The monoisotopic (exact) mass is 364 g/mol. The molecule has 0 aliphatic carbocycles. The van der Waals surface area contributed by atoms with Crippen molar-refractivity contribution >= 4 is 28.9 Å². The molecule has 3 rings (SSSR count). The second-order valence-corrected chi connectivity index (χ2v) is 5.66. The van der Waals surface area contributed by atoms with Crippen molar-refractivity contribution in [3.8, 4) is 0 Å². The number of anilines is 1. The Labute approximate surface area is 149 Å². The van der Waals surface area contributed by atoms with Crippen molar-refractivity contribution in [2.45, 2.75) is 32.0 Å². The van der Waals surface area contributed by atoms with Gasteiger partial charge < -0.3 is 15.2 Å². The Hall–Kier alpha value is -2.79. The summed E-state index contributed by atoms with van der Waals surface area (Å²) < 4.78 is 11.7. The molecule has 0 saturated carbocycles. The van der Waals surface area contributed by atoms with E-state index in [0.29, 0.717) is 11.2 Å². The zero-order chi connectivity index (χ0) is 18.9. The fourth-order valence-corrected chi connectivity index (χ4v) is 2.92. The van der Waals surface area contributed by atoms with Crippen LogP contribution in [0, 0.1) is 0 Å². The largest absolute Gasteiger partial charge is 0.465 e. The van der Waals surface area contributed by atoms with E-state index in [-0.39, 0.29) is 25.5 Å². The van der Waals surface area contributed by atoms with Crippen molar-refractivity contribution < 1.29 is 23.9 Å². The van der Waals surface area contributed by atoms with Gasteiger partial charge in [0, 0.05) is 13.5 Å². The number of esters is 2. The molecule has 0 aromatic carbocycles. The van der Waals surface area contributed by atoms with Crippen molar-refractivity contribution in [2.24, 2.45) is 0 Å².